The van der Waals surface area contributed by atoms with Crippen molar-refractivity contribution in [2.24, 2.45) is 0 Å². The molecule has 4 aromatic carbocycles. The second-order valence-corrected chi connectivity index (χ2v) is 9.97. The fourth-order valence-corrected chi connectivity index (χ4v) is 5.62. The molecule has 0 aromatic heterocycles. The zero-order valence-electron chi connectivity index (χ0n) is 22.2. The molecule has 0 bridgehead atoms. The van der Waals surface area contributed by atoms with Crippen molar-refractivity contribution in [1.82, 2.24) is 0 Å². The standard InChI is InChI=1S/C33H32O5/c1-21(34-3)19-36-23-13-15-29-31(17-23)38-32-18-24(37-20-22(2)35-4)14-16-30(32)33(29)27-11-7-5-9-25(27)26-10-6-8-12-28(26)33/h5-18,21-22H,19-20H2,1-4H3. The molecule has 0 N–H and O–H groups in total. The highest BCUT2D eigenvalue weighted by Crippen LogP contribution is 2.62. The molecule has 0 saturated carbocycles. The first kappa shape index (κ1) is 24.5. The van der Waals surface area contributed by atoms with Crippen LogP contribution in [-0.4, -0.2) is 39.6 Å². The molecule has 4 aromatic rings. The maximum Gasteiger partial charge on any atom is 0.135 e. The van der Waals surface area contributed by atoms with E-state index in [0.717, 1.165) is 34.1 Å². The summed E-state index contributed by atoms with van der Waals surface area (Å²) in [6.45, 7) is 4.88. The molecular weight excluding hydrogens is 476 g/mol. The van der Waals surface area contributed by atoms with E-state index >= 15 is 0 Å². The summed E-state index contributed by atoms with van der Waals surface area (Å²) in [4.78, 5) is 0. The van der Waals surface area contributed by atoms with Crippen LogP contribution in [0.25, 0.3) is 11.1 Å². The van der Waals surface area contributed by atoms with Gasteiger partial charge in [0.1, 0.15) is 36.2 Å². The van der Waals surface area contributed by atoms with Crippen LogP contribution in [0.2, 0.25) is 0 Å². The Morgan fingerprint density at radius 2 is 1.05 bits per heavy atom. The highest BCUT2D eigenvalue weighted by Gasteiger charge is 2.51. The summed E-state index contributed by atoms with van der Waals surface area (Å²) >= 11 is 0. The van der Waals surface area contributed by atoms with Crippen molar-refractivity contribution in [1.29, 1.82) is 0 Å². The Hall–Kier alpha value is -3.80. The van der Waals surface area contributed by atoms with Crippen LogP contribution >= 0.6 is 0 Å². The minimum absolute atomic E-state index is 0.0122. The first-order chi connectivity index (χ1) is 18.6. The Balaban J connectivity index is 1.54. The summed E-state index contributed by atoms with van der Waals surface area (Å²) in [5.41, 5.74) is 6.64. The lowest BCUT2D eigenvalue weighted by Gasteiger charge is -2.39. The van der Waals surface area contributed by atoms with Crippen LogP contribution in [0.3, 0.4) is 0 Å². The molecule has 2 atom stereocenters. The lowest BCUT2D eigenvalue weighted by atomic mass is 9.66. The molecule has 0 saturated heterocycles. The van der Waals surface area contributed by atoms with Crippen molar-refractivity contribution in [3.05, 3.63) is 107 Å². The van der Waals surface area contributed by atoms with Crippen LogP contribution in [0.5, 0.6) is 23.0 Å². The number of ether oxygens (including phenoxy) is 5. The van der Waals surface area contributed by atoms with Gasteiger partial charge in [-0.3, -0.25) is 0 Å². The average molecular weight is 509 g/mol. The molecule has 1 aliphatic heterocycles. The van der Waals surface area contributed by atoms with Gasteiger partial charge in [-0.2, -0.15) is 0 Å². The van der Waals surface area contributed by atoms with Crippen molar-refractivity contribution in [2.45, 2.75) is 31.5 Å². The molecule has 194 valence electrons. The Bertz CT molecular complexity index is 1370. The molecule has 2 unspecified atom stereocenters. The molecule has 38 heavy (non-hydrogen) atoms. The molecule has 1 heterocycles. The van der Waals surface area contributed by atoms with E-state index in [4.69, 9.17) is 23.7 Å². The van der Waals surface area contributed by atoms with Crippen LogP contribution in [-0.2, 0) is 14.9 Å². The predicted octanol–water partition coefficient (Wildman–Crippen LogP) is 6.98. The normalized spacial score (nSPS) is 15.5. The predicted molar refractivity (Wildman–Crippen MR) is 148 cm³/mol. The fraction of sp³-hybridized carbons (Fsp3) is 0.273. The van der Waals surface area contributed by atoms with Gasteiger partial charge in [-0.25, -0.2) is 0 Å². The van der Waals surface area contributed by atoms with Gasteiger partial charge in [0.15, 0.2) is 0 Å². The number of benzene rings is 4. The van der Waals surface area contributed by atoms with Crippen LogP contribution in [0.1, 0.15) is 36.1 Å². The van der Waals surface area contributed by atoms with Crippen molar-refractivity contribution >= 4 is 0 Å². The molecular formula is C33H32O5. The van der Waals surface area contributed by atoms with Gasteiger partial charge in [0.05, 0.1) is 17.6 Å². The van der Waals surface area contributed by atoms with Crippen LogP contribution in [0, 0.1) is 0 Å². The van der Waals surface area contributed by atoms with Gasteiger partial charge < -0.3 is 23.7 Å². The summed E-state index contributed by atoms with van der Waals surface area (Å²) < 4.78 is 29.5. The Morgan fingerprint density at radius 1 is 0.605 bits per heavy atom. The van der Waals surface area contributed by atoms with Crippen LogP contribution in [0.15, 0.2) is 84.9 Å². The van der Waals surface area contributed by atoms with Crippen molar-refractivity contribution in [2.75, 3.05) is 27.4 Å². The number of hydrogen-bond donors (Lipinski definition) is 0. The molecule has 5 nitrogen and oxygen atoms in total. The quantitative estimate of drug-likeness (QED) is 0.222. The minimum atomic E-state index is -0.521. The Labute approximate surface area is 223 Å². The SMILES string of the molecule is COC(C)COc1ccc2c(c1)Oc1cc(OCC(C)OC)ccc1C21c2ccccc2-c2ccccc21. The van der Waals surface area contributed by atoms with Crippen LogP contribution in [0.4, 0.5) is 0 Å². The van der Waals surface area contributed by atoms with Gasteiger partial charge in [0.2, 0.25) is 0 Å². The number of methoxy groups -OCH3 is 2. The van der Waals surface area contributed by atoms with E-state index in [1.54, 1.807) is 14.2 Å². The van der Waals surface area contributed by atoms with Crippen LogP contribution < -0.4 is 14.2 Å². The smallest absolute Gasteiger partial charge is 0.135 e. The van der Waals surface area contributed by atoms with Crippen molar-refractivity contribution < 1.29 is 23.7 Å². The van der Waals surface area contributed by atoms with E-state index in [1.807, 2.05) is 38.1 Å². The third-order valence-corrected chi connectivity index (χ3v) is 7.66. The molecule has 1 aliphatic carbocycles. The molecule has 0 radical (unpaired) electrons. The highest BCUT2D eigenvalue weighted by atomic mass is 16.5. The molecule has 0 amide bonds. The zero-order valence-corrected chi connectivity index (χ0v) is 22.2. The molecule has 6 rings (SSSR count). The second kappa shape index (κ2) is 9.82. The second-order valence-electron chi connectivity index (χ2n) is 9.97. The monoisotopic (exact) mass is 508 g/mol. The van der Waals surface area contributed by atoms with E-state index < -0.39 is 5.41 Å². The van der Waals surface area contributed by atoms with Crippen molar-refractivity contribution in [3.63, 3.8) is 0 Å². The average Bonchev–Trinajstić information content (AvgIpc) is 3.25. The largest absolute Gasteiger partial charge is 0.491 e. The van der Waals surface area contributed by atoms with E-state index in [9.17, 15) is 0 Å². The summed E-state index contributed by atoms with van der Waals surface area (Å²) in [7, 11) is 3.37. The summed E-state index contributed by atoms with van der Waals surface area (Å²) in [5.74, 6) is 3.03. The number of rotatable bonds is 8. The summed E-state index contributed by atoms with van der Waals surface area (Å²) in [5, 5.41) is 0. The Morgan fingerprint density at radius 3 is 1.50 bits per heavy atom. The maximum atomic E-state index is 6.62. The van der Waals surface area contributed by atoms with E-state index in [-0.39, 0.29) is 12.2 Å². The molecule has 5 heteroatoms. The third-order valence-electron chi connectivity index (χ3n) is 7.66. The summed E-state index contributed by atoms with van der Waals surface area (Å²) in [6.07, 6.45) is -0.0244. The number of fused-ring (bicyclic) bond motifs is 9. The Kier molecular flexibility index (Phi) is 6.34. The highest BCUT2D eigenvalue weighted by molar-refractivity contribution is 5.88. The lowest BCUT2D eigenvalue weighted by Crippen LogP contribution is -2.32. The third kappa shape index (κ3) is 3.85. The topological polar surface area (TPSA) is 46.2 Å². The van der Waals surface area contributed by atoms with E-state index in [1.165, 1.54) is 22.3 Å². The van der Waals surface area contributed by atoms with Gasteiger partial charge >= 0.3 is 0 Å². The van der Waals surface area contributed by atoms with E-state index in [0.29, 0.717) is 13.2 Å². The van der Waals surface area contributed by atoms with Crippen molar-refractivity contribution in [3.8, 4) is 34.1 Å². The number of hydrogen-bond acceptors (Lipinski definition) is 5. The van der Waals surface area contributed by atoms with Gasteiger partial charge in [-0.05, 0) is 48.2 Å². The first-order valence-corrected chi connectivity index (χ1v) is 13.0. The minimum Gasteiger partial charge on any atom is -0.491 e. The molecule has 0 fully saturated rings. The van der Waals surface area contributed by atoms with Gasteiger partial charge in [0.25, 0.3) is 0 Å². The molecule has 1 spiro atoms. The maximum absolute atomic E-state index is 6.62. The van der Waals surface area contributed by atoms with Gasteiger partial charge in [-0.1, -0.05) is 60.7 Å². The van der Waals surface area contributed by atoms with E-state index in [2.05, 4.69) is 60.7 Å². The lowest BCUT2D eigenvalue weighted by molar-refractivity contribution is 0.0715. The summed E-state index contributed by atoms with van der Waals surface area (Å²) in [6, 6.07) is 29.7. The van der Waals surface area contributed by atoms with Gasteiger partial charge in [0, 0.05) is 37.5 Å². The zero-order chi connectivity index (χ0) is 26.3. The fourth-order valence-electron chi connectivity index (χ4n) is 5.62. The van der Waals surface area contributed by atoms with Gasteiger partial charge in [-0.15, -0.1) is 0 Å². The first-order valence-electron chi connectivity index (χ1n) is 13.0. The molecule has 2 aliphatic rings.